The van der Waals surface area contributed by atoms with Gasteiger partial charge in [-0.1, -0.05) is 18.2 Å². The maximum atomic E-state index is 12.6. The number of ether oxygens (including phenoxy) is 1. The Labute approximate surface area is 79.5 Å². The maximum absolute atomic E-state index is 12.6. The monoisotopic (exact) mass is 202 g/mol. The minimum absolute atomic E-state index is 0.229. The van der Waals surface area contributed by atoms with Gasteiger partial charge in [-0.2, -0.15) is 13.2 Å². The lowest BCUT2D eigenvalue weighted by molar-refractivity contribution is -0.138. The van der Waals surface area contributed by atoms with Crippen molar-refractivity contribution in [1.82, 2.24) is 0 Å². The number of alkyl halides is 3. The zero-order valence-electron chi connectivity index (χ0n) is 7.56. The first kappa shape index (κ1) is 9.52. The Balaban J connectivity index is 2.50. The summed E-state index contributed by atoms with van der Waals surface area (Å²) in [4.78, 5) is 0. The number of rotatable bonds is 1. The van der Waals surface area contributed by atoms with Crippen LogP contribution >= 0.6 is 0 Å². The SMILES string of the molecule is C[C@]1(c2ccccc2C(F)(F)F)CO1. The van der Waals surface area contributed by atoms with Crippen LogP contribution < -0.4 is 0 Å². The maximum Gasteiger partial charge on any atom is 0.416 e. The highest BCUT2D eigenvalue weighted by atomic mass is 19.4. The van der Waals surface area contributed by atoms with Crippen LogP contribution in [0.3, 0.4) is 0 Å². The summed E-state index contributed by atoms with van der Waals surface area (Å²) in [5.41, 5.74) is -1.10. The number of halogens is 3. The lowest BCUT2D eigenvalue weighted by Gasteiger charge is -2.14. The third-order valence-electron chi connectivity index (χ3n) is 2.38. The van der Waals surface area contributed by atoms with E-state index in [0.29, 0.717) is 6.61 Å². The van der Waals surface area contributed by atoms with E-state index in [4.69, 9.17) is 4.74 Å². The van der Waals surface area contributed by atoms with E-state index < -0.39 is 17.3 Å². The molecule has 0 aromatic heterocycles. The molecule has 0 amide bonds. The van der Waals surface area contributed by atoms with Crippen LogP contribution in [-0.4, -0.2) is 6.61 Å². The minimum atomic E-state index is -4.30. The number of benzene rings is 1. The first-order valence-corrected chi connectivity index (χ1v) is 4.24. The summed E-state index contributed by atoms with van der Waals surface area (Å²) in [5, 5.41) is 0. The Morgan fingerprint density at radius 1 is 1.29 bits per heavy atom. The molecule has 0 unspecified atom stereocenters. The molecule has 76 valence electrons. The molecule has 1 nitrogen and oxygen atoms in total. The van der Waals surface area contributed by atoms with Crippen LogP contribution in [0, 0.1) is 0 Å². The van der Waals surface area contributed by atoms with E-state index in [0.717, 1.165) is 6.07 Å². The van der Waals surface area contributed by atoms with Crippen LogP contribution in [0.25, 0.3) is 0 Å². The van der Waals surface area contributed by atoms with Crippen molar-refractivity contribution in [2.24, 2.45) is 0 Å². The van der Waals surface area contributed by atoms with Gasteiger partial charge in [-0.05, 0) is 18.6 Å². The molecule has 1 saturated heterocycles. The van der Waals surface area contributed by atoms with Gasteiger partial charge >= 0.3 is 6.18 Å². The van der Waals surface area contributed by atoms with Gasteiger partial charge in [0, 0.05) is 0 Å². The largest absolute Gasteiger partial charge is 0.416 e. The van der Waals surface area contributed by atoms with Crippen LogP contribution in [0.1, 0.15) is 18.1 Å². The molecule has 1 aromatic rings. The van der Waals surface area contributed by atoms with Gasteiger partial charge in [0.1, 0.15) is 5.60 Å². The second-order valence-electron chi connectivity index (χ2n) is 3.56. The van der Waals surface area contributed by atoms with E-state index in [1.54, 1.807) is 13.0 Å². The van der Waals surface area contributed by atoms with Gasteiger partial charge in [0.15, 0.2) is 0 Å². The molecule has 1 fully saturated rings. The number of hydrogen-bond acceptors (Lipinski definition) is 1. The van der Waals surface area contributed by atoms with E-state index in [-0.39, 0.29) is 5.56 Å². The van der Waals surface area contributed by atoms with E-state index in [1.807, 2.05) is 0 Å². The van der Waals surface area contributed by atoms with Crippen molar-refractivity contribution in [1.29, 1.82) is 0 Å². The van der Waals surface area contributed by atoms with Crippen LogP contribution in [0.5, 0.6) is 0 Å². The molecule has 1 aliphatic heterocycles. The normalized spacial score (nSPS) is 26.3. The fraction of sp³-hybridized carbons (Fsp3) is 0.400. The summed E-state index contributed by atoms with van der Waals surface area (Å²) in [5.74, 6) is 0. The Bertz CT molecular complexity index is 328. The molecule has 1 aliphatic rings. The summed E-state index contributed by atoms with van der Waals surface area (Å²) in [6.45, 7) is 2.03. The molecule has 0 bridgehead atoms. The summed E-state index contributed by atoms with van der Waals surface area (Å²) in [6, 6.07) is 5.54. The van der Waals surface area contributed by atoms with Gasteiger partial charge in [0.25, 0.3) is 0 Å². The molecule has 14 heavy (non-hydrogen) atoms. The number of hydrogen-bond donors (Lipinski definition) is 0. The molecule has 0 saturated carbocycles. The quantitative estimate of drug-likeness (QED) is 0.638. The third kappa shape index (κ3) is 1.50. The molecule has 0 N–H and O–H groups in total. The molecular weight excluding hydrogens is 193 g/mol. The molecule has 0 radical (unpaired) electrons. The molecule has 1 aromatic carbocycles. The van der Waals surface area contributed by atoms with Crippen LogP contribution in [0.2, 0.25) is 0 Å². The Kier molecular flexibility index (Phi) is 1.86. The van der Waals surface area contributed by atoms with Gasteiger partial charge in [-0.25, -0.2) is 0 Å². The second kappa shape index (κ2) is 2.73. The average Bonchev–Trinajstić information content (AvgIpc) is 2.84. The molecule has 4 heteroatoms. The van der Waals surface area contributed by atoms with Crippen LogP contribution in [0.4, 0.5) is 13.2 Å². The molecule has 0 aliphatic carbocycles. The van der Waals surface area contributed by atoms with Crippen molar-refractivity contribution < 1.29 is 17.9 Å². The van der Waals surface area contributed by atoms with Crippen molar-refractivity contribution in [3.8, 4) is 0 Å². The minimum Gasteiger partial charge on any atom is -0.365 e. The van der Waals surface area contributed by atoms with E-state index in [9.17, 15) is 13.2 Å². The predicted octanol–water partition coefficient (Wildman–Crippen LogP) is 2.95. The first-order chi connectivity index (χ1) is 6.43. The van der Waals surface area contributed by atoms with E-state index >= 15 is 0 Å². The Morgan fingerprint density at radius 3 is 2.36 bits per heavy atom. The van der Waals surface area contributed by atoms with Crippen LogP contribution in [-0.2, 0) is 16.5 Å². The molecule has 1 atom stereocenters. The molecular formula is C10H9F3O. The van der Waals surface area contributed by atoms with E-state index in [1.165, 1.54) is 12.1 Å². The number of epoxide rings is 1. The molecule has 0 spiro atoms. The summed E-state index contributed by atoms with van der Waals surface area (Å²) in [7, 11) is 0. The van der Waals surface area contributed by atoms with E-state index in [2.05, 4.69) is 0 Å². The smallest absolute Gasteiger partial charge is 0.365 e. The summed E-state index contributed by atoms with van der Waals surface area (Å²) < 4.78 is 42.7. The summed E-state index contributed by atoms with van der Waals surface area (Å²) >= 11 is 0. The van der Waals surface area contributed by atoms with Crippen molar-refractivity contribution in [3.05, 3.63) is 35.4 Å². The molecule has 1 heterocycles. The lowest BCUT2D eigenvalue weighted by atomic mass is 9.96. The third-order valence-corrected chi connectivity index (χ3v) is 2.38. The topological polar surface area (TPSA) is 12.5 Å². The van der Waals surface area contributed by atoms with Crippen molar-refractivity contribution in [3.63, 3.8) is 0 Å². The Hall–Kier alpha value is -1.03. The fourth-order valence-electron chi connectivity index (χ4n) is 1.46. The average molecular weight is 202 g/mol. The van der Waals surface area contributed by atoms with Gasteiger partial charge in [0.05, 0.1) is 12.2 Å². The van der Waals surface area contributed by atoms with Crippen molar-refractivity contribution in [2.75, 3.05) is 6.61 Å². The van der Waals surface area contributed by atoms with Crippen molar-refractivity contribution >= 4 is 0 Å². The predicted molar refractivity (Wildman–Crippen MR) is 44.7 cm³/mol. The lowest BCUT2D eigenvalue weighted by Crippen LogP contribution is -2.14. The zero-order valence-corrected chi connectivity index (χ0v) is 7.56. The van der Waals surface area contributed by atoms with Gasteiger partial charge in [-0.15, -0.1) is 0 Å². The Morgan fingerprint density at radius 2 is 1.86 bits per heavy atom. The standard InChI is InChI=1S/C10H9F3O/c1-9(6-14-9)7-4-2-3-5-8(7)10(11,12)13/h2-5H,6H2,1H3/t9-/m1/s1. The zero-order chi connectivity index (χ0) is 10.4. The van der Waals surface area contributed by atoms with Crippen LogP contribution in [0.15, 0.2) is 24.3 Å². The molecule has 2 rings (SSSR count). The summed E-state index contributed by atoms with van der Waals surface area (Å²) in [6.07, 6.45) is -4.30. The van der Waals surface area contributed by atoms with Gasteiger partial charge in [-0.3, -0.25) is 0 Å². The first-order valence-electron chi connectivity index (χ1n) is 4.24. The second-order valence-corrected chi connectivity index (χ2v) is 3.56. The van der Waals surface area contributed by atoms with Crippen molar-refractivity contribution in [2.45, 2.75) is 18.7 Å². The van der Waals surface area contributed by atoms with Gasteiger partial charge < -0.3 is 4.74 Å². The van der Waals surface area contributed by atoms with Gasteiger partial charge in [0.2, 0.25) is 0 Å². The highest BCUT2D eigenvalue weighted by Gasteiger charge is 2.47. The fourth-order valence-corrected chi connectivity index (χ4v) is 1.46. The highest BCUT2D eigenvalue weighted by Crippen LogP contribution is 2.44. The highest BCUT2D eigenvalue weighted by molar-refractivity contribution is 5.36.